The van der Waals surface area contributed by atoms with Gasteiger partial charge in [0.25, 0.3) is 0 Å². The van der Waals surface area contributed by atoms with Gasteiger partial charge in [0, 0.05) is 37.6 Å². The number of nitrogens with one attached hydrogen (secondary N) is 2. The third-order valence-corrected chi connectivity index (χ3v) is 4.59. The van der Waals surface area contributed by atoms with Crippen LogP contribution in [0.3, 0.4) is 0 Å². The van der Waals surface area contributed by atoms with E-state index in [0.29, 0.717) is 26.2 Å². The monoisotopic (exact) mass is 347 g/mol. The number of amides is 1. The van der Waals surface area contributed by atoms with Crippen molar-refractivity contribution in [2.75, 3.05) is 38.5 Å². The largest absolute Gasteiger partial charge is 0.405 e. The van der Waals surface area contributed by atoms with Crippen LogP contribution in [0.5, 0.6) is 0 Å². The molecule has 1 aliphatic rings. The van der Waals surface area contributed by atoms with Crippen molar-refractivity contribution in [3.05, 3.63) is 30.3 Å². The molecule has 4 nitrogen and oxygen atoms in total. The maximum Gasteiger partial charge on any atom is 0.405 e. The van der Waals surface area contributed by atoms with E-state index in [4.69, 9.17) is 0 Å². The van der Waals surface area contributed by atoms with Gasteiger partial charge in [-0.15, -0.1) is 11.8 Å². The number of benzene rings is 1. The van der Waals surface area contributed by atoms with E-state index >= 15 is 0 Å². The predicted octanol–water partition coefficient (Wildman–Crippen LogP) is 1.73. The first-order valence-corrected chi connectivity index (χ1v) is 8.41. The van der Waals surface area contributed by atoms with Crippen LogP contribution in [0.25, 0.3) is 0 Å². The van der Waals surface area contributed by atoms with Gasteiger partial charge in [0.2, 0.25) is 5.91 Å². The topological polar surface area (TPSA) is 44.4 Å². The molecular formula is C15H20F3N3OS. The van der Waals surface area contributed by atoms with Gasteiger partial charge in [-0.1, -0.05) is 18.2 Å². The average molecular weight is 347 g/mol. The molecule has 128 valence electrons. The number of nitrogens with zero attached hydrogens (tertiary/aromatic N) is 1. The van der Waals surface area contributed by atoms with E-state index in [1.165, 1.54) is 16.7 Å². The second-order valence-electron chi connectivity index (χ2n) is 5.25. The summed E-state index contributed by atoms with van der Waals surface area (Å²) in [5.74, 6) is -0.279. The fraction of sp³-hybridized carbons (Fsp3) is 0.533. The first-order valence-electron chi connectivity index (χ1n) is 7.43. The van der Waals surface area contributed by atoms with Gasteiger partial charge in [-0.05, 0) is 12.1 Å². The highest BCUT2D eigenvalue weighted by molar-refractivity contribution is 8.00. The molecule has 1 heterocycles. The summed E-state index contributed by atoms with van der Waals surface area (Å²) in [6.45, 7) is 1.32. The Balaban J connectivity index is 1.81. The zero-order chi connectivity index (χ0) is 16.7. The summed E-state index contributed by atoms with van der Waals surface area (Å²) < 4.78 is 39.6. The number of hydrogen-bond acceptors (Lipinski definition) is 4. The second kappa shape index (κ2) is 8.56. The Hall–Kier alpha value is -1.25. The first-order chi connectivity index (χ1) is 11.0. The van der Waals surface area contributed by atoms with E-state index in [1.807, 2.05) is 30.3 Å². The van der Waals surface area contributed by atoms with Crippen molar-refractivity contribution < 1.29 is 18.0 Å². The van der Waals surface area contributed by atoms with Crippen molar-refractivity contribution >= 4 is 17.7 Å². The van der Waals surface area contributed by atoms with E-state index in [0.717, 1.165) is 4.90 Å². The number of rotatable bonds is 6. The minimum absolute atomic E-state index is 0.107. The van der Waals surface area contributed by atoms with Crippen LogP contribution >= 0.6 is 11.8 Å². The molecular weight excluding hydrogens is 327 g/mol. The normalized spacial score (nSPS) is 17.7. The van der Waals surface area contributed by atoms with Gasteiger partial charge in [-0.2, -0.15) is 13.2 Å². The van der Waals surface area contributed by atoms with Crippen LogP contribution in [0.1, 0.15) is 0 Å². The Morgan fingerprint density at radius 2 is 1.91 bits per heavy atom. The molecule has 0 radical (unpaired) electrons. The molecule has 23 heavy (non-hydrogen) atoms. The first kappa shape index (κ1) is 18.1. The predicted molar refractivity (Wildman–Crippen MR) is 84.5 cm³/mol. The molecule has 1 aromatic carbocycles. The lowest BCUT2D eigenvalue weighted by Gasteiger charge is -2.35. The maximum absolute atomic E-state index is 13.2. The van der Waals surface area contributed by atoms with E-state index < -0.39 is 18.8 Å². The van der Waals surface area contributed by atoms with Crippen LogP contribution in [0, 0.1) is 0 Å². The SMILES string of the molecule is O=C(CSc1ccccc1)NCC(N1CCNCC1)C(F)(F)F. The third-order valence-electron chi connectivity index (χ3n) is 3.58. The average Bonchev–Trinajstić information content (AvgIpc) is 2.54. The Labute approximate surface area is 137 Å². The van der Waals surface area contributed by atoms with Crippen molar-refractivity contribution in [1.82, 2.24) is 15.5 Å². The van der Waals surface area contributed by atoms with E-state index in [2.05, 4.69) is 10.6 Å². The molecule has 2 N–H and O–H groups in total. The van der Waals surface area contributed by atoms with E-state index in [1.54, 1.807) is 0 Å². The van der Waals surface area contributed by atoms with Crippen LogP contribution in [0.15, 0.2) is 35.2 Å². The molecule has 1 aromatic rings. The number of piperazine rings is 1. The quantitative estimate of drug-likeness (QED) is 0.770. The van der Waals surface area contributed by atoms with Gasteiger partial charge in [-0.3, -0.25) is 9.69 Å². The van der Waals surface area contributed by atoms with Gasteiger partial charge >= 0.3 is 6.18 Å². The van der Waals surface area contributed by atoms with Crippen LogP contribution in [-0.4, -0.2) is 61.5 Å². The number of hydrogen-bond donors (Lipinski definition) is 2. The van der Waals surface area contributed by atoms with Crippen LogP contribution < -0.4 is 10.6 Å². The second-order valence-corrected chi connectivity index (χ2v) is 6.30. The van der Waals surface area contributed by atoms with Crippen molar-refractivity contribution in [2.24, 2.45) is 0 Å². The molecule has 1 aliphatic heterocycles. The summed E-state index contributed by atoms with van der Waals surface area (Å²) in [4.78, 5) is 14.1. The summed E-state index contributed by atoms with van der Waals surface area (Å²) >= 11 is 1.31. The number of carbonyl (C=O) groups is 1. The summed E-state index contributed by atoms with van der Waals surface area (Å²) in [6.07, 6.45) is -4.35. The molecule has 0 bridgehead atoms. The highest BCUT2D eigenvalue weighted by Crippen LogP contribution is 2.25. The smallest absolute Gasteiger partial charge is 0.353 e. The highest BCUT2D eigenvalue weighted by Gasteiger charge is 2.43. The Morgan fingerprint density at radius 1 is 1.26 bits per heavy atom. The molecule has 0 aliphatic carbocycles. The van der Waals surface area contributed by atoms with Gasteiger partial charge in [0.15, 0.2) is 0 Å². The molecule has 1 unspecified atom stereocenters. The Morgan fingerprint density at radius 3 is 2.52 bits per heavy atom. The summed E-state index contributed by atoms with van der Waals surface area (Å²) in [6, 6.07) is 7.66. The number of carbonyl (C=O) groups excluding carboxylic acids is 1. The molecule has 0 saturated carbocycles. The minimum atomic E-state index is -4.35. The number of thioether (sulfide) groups is 1. The Bertz CT molecular complexity index is 492. The van der Waals surface area contributed by atoms with Crippen molar-refractivity contribution in [1.29, 1.82) is 0 Å². The molecule has 0 spiro atoms. The van der Waals surface area contributed by atoms with E-state index in [-0.39, 0.29) is 11.7 Å². The number of halogens is 3. The fourth-order valence-corrected chi connectivity index (χ4v) is 3.12. The molecule has 1 saturated heterocycles. The van der Waals surface area contributed by atoms with Crippen LogP contribution in [-0.2, 0) is 4.79 Å². The summed E-state index contributed by atoms with van der Waals surface area (Å²) in [5, 5.41) is 5.44. The van der Waals surface area contributed by atoms with Gasteiger partial charge in [-0.25, -0.2) is 0 Å². The van der Waals surface area contributed by atoms with Gasteiger partial charge < -0.3 is 10.6 Å². The molecule has 8 heteroatoms. The van der Waals surface area contributed by atoms with Gasteiger partial charge in [0.1, 0.15) is 6.04 Å². The standard InChI is InChI=1S/C15H20F3N3OS/c16-15(17,18)13(21-8-6-19-7-9-21)10-20-14(22)11-23-12-4-2-1-3-5-12/h1-5,13,19H,6-11H2,(H,20,22). The lowest BCUT2D eigenvalue weighted by Crippen LogP contribution is -2.57. The fourth-order valence-electron chi connectivity index (χ4n) is 2.37. The minimum Gasteiger partial charge on any atom is -0.353 e. The maximum atomic E-state index is 13.2. The van der Waals surface area contributed by atoms with E-state index in [9.17, 15) is 18.0 Å². The van der Waals surface area contributed by atoms with Crippen molar-refractivity contribution in [2.45, 2.75) is 17.1 Å². The van der Waals surface area contributed by atoms with Crippen LogP contribution in [0.2, 0.25) is 0 Å². The summed E-state index contributed by atoms with van der Waals surface area (Å²) in [5.41, 5.74) is 0. The van der Waals surface area contributed by atoms with Gasteiger partial charge in [0.05, 0.1) is 5.75 Å². The Kier molecular flexibility index (Phi) is 6.73. The highest BCUT2D eigenvalue weighted by atomic mass is 32.2. The molecule has 0 aromatic heterocycles. The van der Waals surface area contributed by atoms with Crippen molar-refractivity contribution in [3.8, 4) is 0 Å². The van der Waals surface area contributed by atoms with Crippen molar-refractivity contribution in [3.63, 3.8) is 0 Å². The lowest BCUT2D eigenvalue weighted by atomic mass is 10.2. The zero-order valence-electron chi connectivity index (χ0n) is 12.6. The molecule has 1 fully saturated rings. The molecule has 1 atom stereocenters. The summed E-state index contributed by atoms with van der Waals surface area (Å²) in [7, 11) is 0. The van der Waals surface area contributed by atoms with Crippen LogP contribution in [0.4, 0.5) is 13.2 Å². The molecule has 1 amide bonds. The lowest BCUT2D eigenvalue weighted by molar-refractivity contribution is -0.183. The number of alkyl halides is 3. The third kappa shape index (κ3) is 6.04. The molecule has 2 rings (SSSR count). The zero-order valence-corrected chi connectivity index (χ0v) is 13.4.